The Morgan fingerprint density at radius 2 is 2.11 bits per heavy atom. The van der Waals surface area contributed by atoms with Crippen LogP contribution >= 0.6 is 0 Å². The third-order valence-corrected chi connectivity index (χ3v) is 3.67. The molecule has 0 saturated heterocycles. The standard InChI is InChI=1S/C11H17NO5S/c1-11(2,3)6-9(10(13)14)12-18(15,16)8-4-5-17-7-8/h4-5,7,9,12H,6H2,1-3H3,(H,13,14)/t9-/m0/s1. The lowest BCUT2D eigenvalue weighted by atomic mass is 9.88. The van der Waals surface area contributed by atoms with Gasteiger partial charge in [0.05, 0.1) is 6.26 Å². The molecule has 0 radical (unpaired) electrons. The first-order valence-electron chi connectivity index (χ1n) is 5.39. The third kappa shape index (κ3) is 4.15. The number of hydrogen-bond acceptors (Lipinski definition) is 4. The minimum Gasteiger partial charge on any atom is -0.480 e. The molecule has 0 saturated carbocycles. The smallest absolute Gasteiger partial charge is 0.321 e. The van der Waals surface area contributed by atoms with Crippen molar-refractivity contribution in [3.63, 3.8) is 0 Å². The van der Waals surface area contributed by atoms with E-state index in [1.807, 2.05) is 20.8 Å². The quantitative estimate of drug-likeness (QED) is 0.847. The second-order valence-electron chi connectivity index (χ2n) is 5.24. The first kappa shape index (κ1) is 14.7. The lowest BCUT2D eigenvalue weighted by molar-refractivity contribution is -0.139. The predicted octanol–water partition coefficient (Wildman–Crippen LogP) is 1.45. The fourth-order valence-electron chi connectivity index (χ4n) is 1.45. The topological polar surface area (TPSA) is 96.6 Å². The number of furan rings is 1. The van der Waals surface area contributed by atoms with E-state index in [-0.39, 0.29) is 16.7 Å². The average molecular weight is 275 g/mol. The zero-order valence-corrected chi connectivity index (χ0v) is 11.3. The molecule has 0 fully saturated rings. The molecule has 1 aromatic heterocycles. The molecule has 0 aliphatic carbocycles. The van der Waals surface area contributed by atoms with E-state index in [0.717, 1.165) is 6.26 Å². The van der Waals surface area contributed by atoms with Gasteiger partial charge in [-0.25, -0.2) is 8.42 Å². The summed E-state index contributed by atoms with van der Waals surface area (Å²) in [4.78, 5) is 11.0. The molecule has 0 unspecified atom stereocenters. The molecule has 0 aliphatic heterocycles. The van der Waals surface area contributed by atoms with Crippen molar-refractivity contribution in [3.05, 3.63) is 18.6 Å². The van der Waals surface area contributed by atoms with Crippen molar-refractivity contribution in [2.45, 2.75) is 38.1 Å². The van der Waals surface area contributed by atoms with E-state index in [2.05, 4.69) is 9.14 Å². The van der Waals surface area contributed by atoms with Crippen LogP contribution in [0.2, 0.25) is 0 Å². The van der Waals surface area contributed by atoms with Gasteiger partial charge in [-0.05, 0) is 17.9 Å². The molecule has 102 valence electrons. The van der Waals surface area contributed by atoms with E-state index >= 15 is 0 Å². The summed E-state index contributed by atoms with van der Waals surface area (Å²) in [5.74, 6) is -1.20. The number of sulfonamides is 1. The summed E-state index contributed by atoms with van der Waals surface area (Å²) < 4.78 is 30.6. The van der Waals surface area contributed by atoms with Gasteiger partial charge in [0, 0.05) is 0 Å². The lowest BCUT2D eigenvalue weighted by Crippen LogP contribution is -2.42. The molecule has 18 heavy (non-hydrogen) atoms. The molecule has 0 bridgehead atoms. The highest BCUT2D eigenvalue weighted by Gasteiger charge is 2.29. The average Bonchev–Trinajstić information content (AvgIpc) is 2.66. The number of carbonyl (C=O) groups is 1. The summed E-state index contributed by atoms with van der Waals surface area (Å²) in [5.41, 5.74) is -0.304. The van der Waals surface area contributed by atoms with Gasteiger partial charge in [0.25, 0.3) is 0 Å². The number of nitrogens with one attached hydrogen (secondary N) is 1. The van der Waals surface area contributed by atoms with Gasteiger partial charge >= 0.3 is 5.97 Å². The van der Waals surface area contributed by atoms with E-state index in [9.17, 15) is 13.2 Å². The van der Waals surface area contributed by atoms with Crippen LogP contribution in [0.3, 0.4) is 0 Å². The fraction of sp³-hybridized carbons (Fsp3) is 0.545. The van der Waals surface area contributed by atoms with E-state index in [1.165, 1.54) is 12.3 Å². The van der Waals surface area contributed by atoms with Crippen molar-refractivity contribution < 1.29 is 22.7 Å². The third-order valence-electron chi connectivity index (χ3n) is 2.22. The molecule has 1 aromatic rings. The van der Waals surface area contributed by atoms with Gasteiger partial charge in [-0.1, -0.05) is 20.8 Å². The van der Waals surface area contributed by atoms with Crippen LogP contribution < -0.4 is 4.72 Å². The molecule has 0 amide bonds. The van der Waals surface area contributed by atoms with Gasteiger partial charge < -0.3 is 9.52 Å². The van der Waals surface area contributed by atoms with Crippen LogP contribution in [0.25, 0.3) is 0 Å². The van der Waals surface area contributed by atoms with Crippen molar-refractivity contribution in [2.75, 3.05) is 0 Å². The Hall–Kier alpha value is -1.34. The lowest BCUT2D eigenvalue weighted by Gasteiger charge is -2.23. The van der Waals surface area contributed by atoms with Crippen LogP contribution in [0.4, 0.5) is 0 Å². The Balaban J connectivity index is 2.89. The zero-order chi connectivity index (χ0) is 14.0. The number of carboxylic acid groups (broad SMARTS) is 1. The van der Waals surface area contributed by atoms with Crippen molar-refractivity contribution in [2.24, 2.45) is 5.41 Å². The number of aliphatic carboxylic acids is 1. The summed E-state index contributed by atoms with van der Waals surface area (Å²) in [5, 5.41) is 9.05. The molecule has 6 nitrogen and oxygen atoms in total. The summed E-state index contributed by atoms with van der Waals surface area (Å²) in [7, 11) is -3.86. The van der Waals surface area contributed by atoms with Gasteiger partial charge in [0.15, 0.2) is 0 Å². The van der Waals surface area contributed by atoms with E-state index in [0.29, 0.717) is 0 Å². The largest absolute Gasteiger partial charge is 0.480 e. The summed E-state index contributed by atoms with van der Waals surface area (Å²) in [6.45, 7) is 5.53. The highest BCUT2D eigenvalue weighted by atomic mass is 32.2. The monoisotopic (exact) mass is 275 g/mol. The Kier molecular flexibility index (Phi) is 4.18. The van der Waals surface area contributed by atoms with Crippen LogP contribution in [0, 0.1) is 5.41 Å². The molecular weight excluding hydrogens is 258 g/mol. The second-order valence-corrected chi connectivity index (χ2v) is 6.95. The minimum absolute atomic E-state index is 0.0809. The van der Waals surface area contributed by atoms with Crippen LogP contribution in [0.1, 0.15) is 27.2 Å². The van der Waals surface area contributed by atoms with Crippen molar-refractivity contribution in [3.8, 4) is 0 Å². The van der Waals surface area contributed by atoms with Crippen LogP contribution in [0.5, 0.6) is 0 Å². The Labute approximate surface area is 106 Å². The van der Waals surface area contributed by atoms with Gasteiger partial charge in [0.1, 0.15) is 17.2 Å². The van der Waals surface area contributed by atoms with Crippen molar-refractivity contribution in [1.82, 2.24) is 4.72 Å². The molecule has 0 spiro atoms. The van der Waals surface area contributed by atoms with E-state index in [1.54, 1.807) is 0 Å². The number of rotatable bonds is 5. The van der Waals surface area contributed by atoms with Crippen molar-refractivity contribution in [1.29, 1.82) is 0 Å². The normalized spacial score (nSPS) is 14.4. The Morgan fingerprint density at radius 3 is 2.50 bits per heavy atom. The van der Waals surface area contributed by atoms with Crippen LogP contribution in [0.15, 0.2) is 27.9 Å². The first-order valence-corrected chi connectivity index (χ1v) is 6.87. The maximum Gasteiger partial charge on any atom is 0.321 e. The first-order chi connectivity index (χ1) is 8.12. The predicted molar refractivity (Wildman–Crippen MR) is 64.5 cm³/mol. The van der Waals surface area contributed by atoms with Crippen LogP contribution in [-0.4, -0.2) is 25.5 Å². The minimum atomic E-state index is -3.86. The molecule has 0 aliphatic rings. The molecule has 1 rings (SSSR count). The van der Waals surface area contributed by atoms with E-state index in [4.69, 9.17) is 5.11 Å². The highest BCUT2D eigenvalue weighted by molar-refractivity contribution is 7.89. The molecular formula is C11H17NO5S. The maximum absolute atomic E-state index is 11.9. The van der Waals surface area contributed by atoms with Crippen LogP contribution in [-0.2, 0) is 14.8 Å². The highest BCUT2D eigenvalue weighted by Crippen LogP contribution is 2.22. The summed E-state index contributed by atoms with van der Waals surface area (Å²) in [6, 6.07) is 0.100. The van der Waals surface area contributed by atoms with E-state index < -0.39 is 22.0 Å². The summed E-state index contributed by atoms with van der Waals surface area (Å²) in [6.07, 6.45) is 2.46. The zero-order valence-electron chi connectivity index (χ0n) is 10.5. The fourth-order valence-corrected chi connectivity index (χ4v) is 2.56. The Morgan fingerprint density at radius 1 is 1.50 bits per heavy atom. The second kappa shape index (κ2) is 5.11. The van der Waals surface area contributed by atoms with Gasteiger partial charge in [-0.2, -0.15) is 4.72 Å². The molecule has 1 atom stereocenters. The summed E-state index contributed by atoms with van der Waals surface area (Å²) >= 11 is 0. The molecule has 0 aromatic carbocycles. The Bertz CT molecular complexity index is 498. The van der Waals surface area contributed by atoms with Gasteiger partial charge in [-0.3, -0.25) is 4.79 Å². The number of hydrogen-bond donors (Lipinski definition) is 2. The van der Waals surface area contributed by atoms with Crippen molar-refractivity contribution >= 4 is 16.0 Å². The SMILES string of the molecule is CC(C)(C)C[C@H](NS(=O)(=O)c1ccoc1)C(=O)O. The van der Waals surface area contributed by atoms with Gasteiger partial charge in [0.2, 0.25) is 10.0 Å². The molecule has 1 heterocycles. The maximum atomic E-state index is 11.9. The molecule has 7 heteroatoms. The molecule has 2 N–H and O–H groups in total. The van der Waals surface area contributed by atoms with Gasteiger partial charge in [-0.15, -0.1) is 0 Å². The number of carboxylic acids is 1.